The number of aromatic amines is 2. The number of H-pyrrole nitrogens is 2. The molecule has 1 aliphatic carbocycles. The van der Waals surface area contributed by atoms with Crippen LogP contribution in [0.4, 0.5) is 18.4 Å². The van der Waals surface area contributed by atoms with Crippen molar-refractivity contribution < 1.29 is 37.4 Å². The van der Waals surface area contributed by atoms with Crippen LogP contribution in [0.5, 0.6) is 0 Å². The third-order valence-electron chi connectivity index (χ3n) is 14.2. The zero-order valence-corrected chi connectivity index (χ0v) is 38.0. The van der Waals surface area contributed by atoms with Crippen LogP contribution in [-0.4, -0.2) is 101 Å². The fourth-order valence-corrected chi connectivity index (χ4v) is 10.6. The molecule has 6 aromatic rings. The second kappa shape index (κ2) is 19.0. The molecule has 16 heteroatoms. The number of ether oxygens (including phenoxy) is 3. The van der Waals surface area contributed by atoms with E-state index in [0.29, 0.717) is 72.1 Å². The maximum Gasteiger partial charge on any atom is 0.407 e. The molecule has 5 heterocycles. The molecule has 1 unspecified atom stereocenters. The fourth-order valence-electron chi connectivity index (χ4n) is 10.6. The van der Waals surface area contributed by atoms with Gasteiger partial charge in [-0.3, -0.25) is 9.69 Å². The molecule has 3 saturated heterocycles. The maximum absolute atomic E-state index is 16.6. The van der Waals surface area contributed by atoms with Crippen molar-refractivity contribution in [1.29, 1.82) is 0 Å². The van der Waals surface area contributed by atoms with Gasteiger partial charge < -0.3 is 39.7 Å². The zero-order valence-electron chi connectivity index (χ0n) is 38.0. The average Bonchev–Trinajstić information content (AvgIpc) is 4.25. The minimum Gasteiger partial charge on any atom is -0.453 e. The third-order valence-corrected chi connectivity index (χ3v) is 14.2. The molecule has 3 fully saturated rings. The van der Waals surface area contributed by atoms with E-state index in [1.165, 1.54) is 14.2 Å². The van der Waals surface area contributed by atoms with Gasteiger partial charge in [0.1, 0.15) is 17.7 Å². The van der Waals surface area contributed by atoms with E-state index in [1.54, 1.807) is 53.7 Å². The molecule has 0 bridgehead atoms. The highest BCUT2D eigenvalue weighted by Gasteiger charge is 2.45. The molecule has 4 N–H and O–H groups in total. The molecular formula is C52H54F2N8O6. The van der Waals surface area contributed by atoms with Gasteiger partial charge in [-0.15, -0.1) is 0 Å². The summed E-state index contributed by atoms with van der Waals surface area (Å²) in [5, 5.41) is 5.76. The Hall–Kier alpha value is -6.91. The lowest BCUT2D eigenvalue weighted by Gasteiger charge is -2.34. The zero-order chi connectivity index (χ0) is 46.9. The number of rotatable bonds is 12. The predicted octanol–water partition coefficient (Wildman–Crippen LogP) is 9.30. The van der Waals surface area contributed by atoms with Crippen molar-refractivity contribution in [2.75, 3.05) is 47.1 Å². The maximum atomic E-state index is 16.6. The molecule has 0 radical (unpaired) electrons. The van der Waals surface area contributed by atoms with Gasteiger partial charge in [-0.25, -0.2) is 19.6 Å². The molecule has 2 aromatic heterocycles. The second-order valence-corrected chi connectivity index (χ2v) is 18.1. The highest BCUT2D eigenvalue weighted by Crippen LogP contribution is 2.53. The smallest absolute Gasteiger partial charge is 0.407 e. The molecule has 3 amide bonds. The summed E-state index contributed by atoms with van der Waals surface area (Å²) < 4.78 is 48.5. The first-order valence-electron chi connectivity index (χ1n) is 23.3. The molecule has 4 aliphatic rings. The van der Waals surface area contributed by atoms with E-state index in [-0.39, 0.29) is 41.1 Å². The van der Waals surface area contributed by atoms with E-state index in [1.807, 2.05) is 54.6 Å². The van der Waals surface area contributed by atoms with Crippen molar-refractivity contribution >= 4 is 18.1 Å². The van der Waals surface area contributed by atoms with Crippen LogP contribution >= 0.6 is 0 Å². The number of alkyl carbamates (subject to hydrolysis) is 2. The normalized spacial score (nSPS) is 19.8. The summed E-state index contributed by atoms with van der Waals surface area (Å²) in [4.78, 5) is 59.0. The van der Waals surface area contributed by atoms with E-state index in [0.717, 1.165) is 61.3 Å². The van der Waals surface area contributed by atoms with Crippen molar-refractivity contribution in [2.24, 2.45) is 5.92 Å². The highest BCUT2D eigenvalue weighted by atomic mass is 19.3. The number of imidazole rings is 2. The van der Waals surface area contributed by atoms with Crippen LogP contribution in [0.15, 0.2) is 103 Å². The van der Waals surface area contributed by atoms with Gasteiger partial charge in [-0.2, -0.15) is 8.78 Å². The summed E-state index contributed by atoms with van der Waals surface area (Å²) in [7, 11) is 2.64. The van der Waals surface area contributed by atoms with E-state index < -0.39 is 24.2 Å². The number of likely N-dealkylation sites (tertiary alicyclic amines) is 2. The number of benzene rings is 4. The van der Waals surface area contributed by atoms with Crippen LogP contribution in [0.2, 0.25) is 0 Å². The SMILES string of the molecule is COC(=O)NC(CN1CCC[C@H]1c1ncc(-c2ccc3c(c2)C(F)(F)c2cc(-c4ccc(-c5cnc([C@@H]6CCCN6C(=O)[C@H](NC(=O)OC)c6ccccc6)[nH]5)cc4)ccc2-3)[nH]1)C1CCOCC1. The number of carbonyl (C=O) groups excluding carboxylic acids is 3. The largest absolute Gasteiger partial charge is 0.453 e. The minimum absolute atomic E-state index is 0.00643. The number of halogens is 2. The van der Waals surface area contributed by atoms with Gasteiger partial charge in [0.25, 0.3) is 11.8 Å². The lowest BCUT2D eigenvalue weighted by atomic mass is 9.91. The molecule has 10 rings (SSSR count). The Morgan fingerprint density at radius 2 is 1.29 bits per heavy atom. The molecule has 4 aromatic carbocycles. The van der Waals surface area contributed by atoms with Gasteiger partial charge in [0.05, 0.1) is 50.1 Å². The Morgan fingerprint density at radius 1 is 0.721 bits per heavy atom. The van der Waals surface area contributed by atoms with Gasteiger partial charge in [-0.1, -0.05) is 78.9 Å². The van der Waals surface area contributed by atoms with Gasteiger partial charge in [0.15, 0.2) is 0 Å². The average molecular weight is 925 g/mol. The molecule has 352 valence electrons. The minimum atomic E-state index is -3.23. The monoisotopic (exact) mass is 924 g/mol. The van der Waals surface area contributed by atoms with Crippen LogP contribution in [-0.2, 0) is 24.9 Å². The lowest BCUT2D eigenvalue weighted by molar-refractivity contribution is -0.134. The van der Waals surface area contributed by atoms with Crippen LogP contribution < -0.4 is 10.6 Å². The fraction of sp³-hybridized carbons (Fsp3) is 0.365. The molecule has 0 spiro atoms. The summed E-state index contributed by atoms with van der Waals surface area (Å²) in [6.07, 6.45) is 7.37. The van der Waals surface area contributed by atoms with Crippen LogP contribution in [0, 0.1) is 5.92 Å². The standard InChI is InChI=1S/C52H54F2N8O6/c1-66-50(64)59-43(33-20-24-68-25-21-33)30-61-22-6-10-44(61)47-55-29-42(58-47)36-17-19-38-37-18-16-35(26-39(37)52(53,54)40(38)27-36)31-12-14-32(15-13-31)41-28-56-48(57-41)45-11-7-23-62(45)49(63)46(60-51(65)67-2)34-8-4-3-5-9-34/h3-5,8-9,12-19,26-29,33,43-46H,6-7,10-11,20-25,30H2,1-2H3,(H,55,58)(H,56,57)(H,59,64)(H,60,65)/t43?,44-,45-,46+/m0/s1. The number of nitrogens with one attached hydrogen (secondary N) is 4. The molecule has 4 atom stereocenters. The van der Waals surface area contributed by atoms with Gasteiger partial charge in [0, 0.05) is 49.0 Å². The van der Waals surface area contributed by atoms with Crippen molar-refractivity contribution in [3.05, 3.63) is 132 Å². The summed E-state index contributed by atoms with van der Waals surface area (Å²) in [5.74, 6) is -1.80. The Bertz CT molecular complexity index is 2790. The molecule has 14 nitrogen and oxygen atoms in total. The van der Waals surface area contributed by atoms with Crippen LogP contribution in [0.25, 0.3) is 44.8 Å². The molecule has 0 saturated carbocycles. The first-order chi connectivity index (χ1) is 33.1. The predicted molar refractivity (Wildman–Crippen MR) is 250 cm³/mol. The Kier molecular flexibility index (Phi) is 12.5. The first-order valence-corrected chi connectivity index (χ1v) is 23.3. The number of alkyl halides is 2. The molecule has 3 aliphatic heterocycles. The quantitative estimate of drug-likeness (QED) is 0.0936. The topological polar surface area (TPSA) is 167 Å². The van der Waals surface area contributed by atoms with Crippen LogP contribution in [0.1, 0.15) is 85.0 Å². The Morgan fingerprint density at radius 3 is 1.99 bits per heavy atom. The van der Waals surface area contributed by atoms with Crippen molar-refractivity contribution in [1.82, 2.24) is 40.4 Å². The van der Waals surface area contributed by atoms with Crippen molar-refractivity contribution in [2.45, 2.75) is 68.6 Å². The first kappa shape index (κ1) is 44.9. The third kappa shape index (κ3) is 8.73. The Labute approximate surface area is 392 Å². The number of fused-ring (bicyclic) bond motifs is 3. The van der Waals surface area contributed by atoms with E-state index in [2.05, 4.69) is 30.5 Å². The van der Waals surface area contributed by atoms with Gasteiger partial charge >= 0.3 is 12.2 Å². The van der Waals surface area contributed by atoms with Gasteiger partial charge in [-0.05, 0) is 96.5 Å². The second-order valence-electron chi connectivity index (χ2n) is 18.1. The van der Waals surface area contributed by atoms with Crippen LogP contribution in [0.3, 0.4) is 0 Å². The Balaban J connectivity index is 0.826. The number of aromatic nitrogens is 4. The molecular weight excluding hydrogens is 871 g/mol. The number of methoxy groups -OCH3 is 2. The van der Waals surface area contributed by atoms with E-state index >= 15 is 8.78 Å². The number of hydrogen-bond donors (Lipinski definition) is 4. The summed E-state index contributed by atoms with van der Waals surface area (Å²) in [6.45, 7) is 3.33. The van der Waals surface area contributed by atoms with Crippen molar-refractivity contribution in [3.8, 4) is 44.8 Å². The number of carbonyl (C=O) groups is 3. The number of hydrogen-bond acceptors (Lipinski definition) is 9. The van der Waals surface area contributed by atoms with E-state index in [9.17, 15) is 14.4 Å². The number of amides is 3. The van der Waals surface area contributed by atoms with Gasteiger partial charge in [0.2, 0.25) is 0 Å². The summed E-state index contributed by atoms with van der Waals surface area (Å²) in [5.41, 5.74) is 5.92. The summed E-state index contributed by atoms with van der Waals surface area (Å²) in [6, 6.07) is 25.9. The molecule has 68 heavy (non-hydrogen) atoms. The summed E-state index contributed by atoms with van der Waals surface area (Å²) >= 11 is 0. The van der Waals surface area contributed by atoms with Crippen molar-refractivity contribution in [3.63, 3.8) is 0 Å². The number of nitrogens with zero attached hydrogens (tertiary/aromatic N) is 4. The lowest BCUT2D eigenvalue weighted by Crippen LogP contribution is -2.49. The highest BCUT2D eigenvalue weighted by molar-refractivity contribution is 5.88. The van der Waals surface area contributed by atoms with E-state index in [4.69, 9.17) is 19.2 Å².